The Morgan fingerprint density at radius 3 is 2.44 bits per heavy atom. The molecule has 1 N–H and O–H groups in total. The number of nitrogens with one attached hydrogen (secondary N) is 1. The van der Waals surface area contributed by atoms with Gasteiger partial charge in [0, 0.05) is 12.8 Å². The predicted molar refractivity (Wildman–Crippen MR) is 94.7 cm³/mol. The molecule has 0 bridgehead atoms. The molecule has 2 aromatic carbocycles. The van der Waals surface area contributed by atoms with Crippen molar-refractivity contribution in [3.63, 3.8) is 0 Å². The van der Waals surface area contributed by atoms with Crippen LogP contribution in [0, 0.1) is 5.82 Å². The van der Waals surface area contributed by atoms with Crippen LogP contribution in [-0.4, -0.2) is 46.1 Å². The minimum Gasteiger partial charge on any atom is -0.350 e. The van der Waals surface area contributed by atoms with Gasteiger partial charge in [0.25, 0.3) is 5.91 Å². The van der Waals surface area contributed by atoms with Crippen molar-refractivity contribution in [1.29, 1.82) is 0 Å². The van der Waals surface area contributed by atoms with Crippen LogP contribution in [0.3, 0.4) is 0 Å². The van der Waals surface area contributed by atoms with E-state index < -0.39 is 15.7 Å². The molecular formula is C18H21FN2O3S. The smallest absolute Gasteiger partial charge is 0.252 e. The second-order valence-electron chi connectivity index (χ2n) is 6.01. The third-order valence-electron chi connectivity index (χ3n) is 3.84. The highest BCUT2D eigenvalue weighted by atomic mass is 32.2. The average Bonchev–Trinajstić information content (AvgIpc) is 2.54. The van der Waals surface area contributed by atoms with Crippen molar-refractivity contribution in [3.05, 3.63) is 65.5 Å². The van der Waals surface area contributed by atoms with E-state index in [2.05, 4.69) is 5.32 Å². The first-order chi connectivity index (χ1) is 11.7. The summed E-state index contributed by atoms with van der Waals surface area (Å²) in [6.45, 7) is 0.216. The summed E-state index contributed by atoms with van der Waals surface area (Å²) >= 11 is 0. The molecule has 0 heterocycles. The Labute approximate surface area is 147 Å². The third kappa shape index (κ3) is 4.87. The van der Waals surface area contributed by atoms with Crippen molar-refractivity contribution in [2.24, 2.45) is 0 Å². The summed E-state index contributed by atoms with van der Waals surface area (Å²) in [5.74, 6) is -0.831. The number of rotatable bonds is 6. The molecule has 5 nitrogen and oxygen atoms in total. The molecule has 0 radical (unpaired) electrons. The first-order valence-corrected chi connectivity index (χ1v) is 9.58. The second-order valence-corrected chi connectivity index (χ2v) is 8.00. The fourth-order valence-corrected chi connectivity index (χ4v) is 3.46. The Morgan fingerprint density at radius 1 is 1.16 bits per heavy atom. The fraction of sp³-hybridized carbons (Fsp3) is 0.278. The quantitative estimate of drug-likeness (QED) is 0.854. The first kappa shape index (κ1) is 19.1. The van der Waals surface area contributed by atoms with E-state index in [0.29, 0.717) is 0 Å². The summed E-state index contributed by atoms with van der Waals surface area (Å²) in [7, 11) is 0.139. The Hall–Kier alpha value is -2.25. The van der Waals surface area contributed by atoms with Crippen LogP contribution >= 0.6 is 0 Å². The molecule has 0 saturated carbocycles. The third-order valence-corrected chi connectivity index (χ3v) is 5.00. The molecule has 0 fully saturated rings. The lowest BCUT2D eigenvalue weighted by Gasteiger charge is -2.25. The van der Waals surface area contributed by atoms with Crippen LogP contribution in [0.25, 0.3) is 0 Å². The summed E-state index contributed by atoms with van der Waals surface area (Å²) in [6.07, 6.45) is 1.06. The van der Waals surface area contributed by atoms with Crippen molar-refractivity contribution in [2.45, 2.75) is 10.9 Å². The minimum absolute atomic E-state index is 0.0142. The topological polar surface area (TPSA) is 66.5 Å². The number of benzene rings is 2. The van der Waals surface area contributed by atoms with Gasteiger partial charge in [-0.05, 0) is 43.9 Å². The Kier molecular flexibility index (Phi) is 5.92. The number of hydrogen-bond acceptors (Lipinski definition) is 4. The lowest BCUT2D eigenvalue weighted by molar-refractivity contribution is 0.0938. The van der Waals surface area contributed by atoms with Gasteiger partial charge < -0.3 is 10.2 Å². The van der Waals surface area contributed by atoms with Crippen LogP contribution in [-0.2, 0) is 9.84 Å². The monoisotopic (exact) mass is 364 g/mol. The molecule has 0 spiro atoms. The van der Waals surface area contributed by atoms with Crippen LogP contribution in [0.4, 0.5) is 4.39 Å². The van der Waals surface area contributed by atoms with E-state index in [1.54, 1.807) is 24.3 Å². The molecule has 0 aliphatic carbocycles. The van der Waals surface area contributed by atoms with Gasteiger partial charge in [-0.1, -0.05) is 24.3 Å². The highest BCUT2D eigenvalue weighted by Crippen LogP contribution is 2.19. The number of amides is 1. The van der Waals surface area contributed by atoms with Crippen molar-refractivity contribution in [1.82, 2.24) is 10.2 Å². The highest BCUT2D eigenvalue weighted by Gasteiger charge is 2.20. The molecule has 1 unspecified atom stereocenters. The molecule has 0 aliphatic rings. The number of sulfone groups is 1. The van der Waals surface area contributed by atoms with Crippen LogP contribution in [0.5, 0.6) is 0 Å². The van der Waals surface area contributed by atoms with Crippen LogP contribution < -0.4 is 5.32 Å². The Bertz CT molecular complexity index is 866. The van der Waals surface area contributed by atoms with Crippen molar-refractivity contribution in [3.8, 4) is 0 Å². The van der Waals surface area contributed by atoms with E-state index >= 15 is 0 Å². The molecule has 0 aliphatic heterocycles. The van der Waals surface area contributed by atoms with Crippen molar-refractivity contribution in [2.75, 3.05) is 26.9 Å². The van der Waals surface area contributed by atoms with Crippen LogP contribution in [0.15, 0.2) is 53.4 Å². The summed E-state index contributed by atoms with van der Waals surface area (Å²) in [4.78, 5) is 14.3. The molecule has 1 amide bonds. The lowest BCUT2D eigenvalue weighted by atomic mass is 10.1. The van der Waals surface area contributed by atoms with Gasteiger partial charge in [-0.2, -0.15) is 0 Å². The van der Waals surface area contributed by atoms with Gasteiger partial charge in [0.2, 0.25) is 0 Å². The van der Waals surface area contributed by atoms with E-state index in [0.717, 1.165) is 11.8 Å². The number of carbonyl (C=O) groups excluding carboxylic acids is 1. The minimum atomic E-state index is -3.51. The number of halogens is 1. The van der Waals surface area contributed by atoms with E-state index in [4.69, 9.17) is 0 Å². The van der Waals surface area contributed by atoms with Gasteiger partial charge >= 0.3 is 0 Å². The fourth-order valence-electron chi connectivity index (χ4n) is 2.57. The highest BCUT2D eigenvalue weighted by molar-refractivity contribution is 7.90. The van der Waals surface area contributed by atoms with Crippen molar-refractivity contribution < 1.29 is 17.6 Å². The molecule has 1 atom stereocenters. The van der Waals surface area contributed by atoms with E-state index in [-0.39, 0.29) is 28.9 Å². The summed E-state index contributed by atoms with van der Waals surface area (Å²) in [5.41, 5.74) is 0.823. The number of nitrogens with zero attached hydrogens (tertiary/aromatic N) is 1. The van der Waals surface area contributed by atoms with E-state index in [1.165, 1.54) is 24.3 Å². The molecule has 25 heavy (non-hydrogen) atoms. The van der Waals surface area contributed by atoms with Gasteiger partial charge in [0.05, 0.1) is 16.5 Å². The zero-order valence-electron chi connectivity index (χ0n) is 14.4. The van der Waals surface area contributed by atoms with E-state index in [1.807, 2.05) is 19.0 Å². The predicted octanol–water partition coefficient (Wildman–Crippen LogP) is 2.26. The van der Waals surface area contributed by atoms with Gasteiger partial charge in [-0.25, -0.2) is 12.8 Å². The van der Waals surface area contributed by atoms with Crippen LogP contribution in [0.1, 0.15) is 22.0 Å². The van der Waals surface area contributed by atoms with Gasteiger partial charge in [-0.15, -0.1) is 0 Å². The molecule has 2 rings (SSSR count). The normalized spacial score (nSPS) is 12.8. The lowest BCUT2D eigenvalue weighted by Crippen LogP contribution is -2.35. The maximum absolute atomic E-state index is 13.5. The summed E-state index contributed by atoms with van der Waals surface area (Å²) < 4.78 is 37.1. The number of hydrogen-bond donors (Lipinski definition) is 1. The summed E-state index contributed by atoms with van der Waals surface area (Å²) in [6, 6.07) is 12.0. The largest absolute Gasteiger partial charge is 0.350 e. The van der Waals surface area contributed by atoms with E-state index in [9.17, 15) is 17.6 Å². The first-order valence-electron chi connectivity index (χ1n) is 7.69. The SMILES string of the molecule is CN(C)C(CNC(=O)c1ccccc1S(C)(=O)=O)c1cccc(F)c1. The maximum Gasteiger partial charge on any atom is 0.252 e. The number of carbonyl (C=O) groups is 1. The number of likely N-dealkylation sites (N-methyl/N-ethyl adjacent to an activating group) is 1. The molecule has 0 saturated heterocycles. The van der Waals surface area contributed by atoms with Crippen LogP contribution in [0.2, 0.25) is 0 Å². The van der Waals surface area contributed by atoms with Gasteiger partial charge in [-0.3, -0.25) is 4.79 Å². The van der Waals surface area contributed by atoms with Crippen molar-refractivity contribution >= 4 is 15.7 Å². The zero-order valence-corrected chi connectivity index (χ0v) is 15.2. The van der Waals surface area contributed by atoms with Gasteiger partial charge in [0.1, 0.15) is 5.82 Å². The maximum atomic E-state index is 13.5. The Morgan fingerprint density at radius 2 is 1.84 bits per heavy atom. The Balaban J connectivity index is 2.21. The molecule has 7 heteroatoms. The molecule has 0 aromatic heterocycles. The standard InChI is InChI=1S/C18H21FN2O3S/c1-21(2)16(13-7-6-8-14(19)11-13)12-20-18(22)15-9-4-5-10-17(15)25(3,23)24/h4-11,16H,12H2,1-3H3,(H,20,22). The average molecular weight is 364 g/mol. The molecule has 2 aromatic rings. The van der Waals surface area contributed by atoms with Gasteiger partial charge in [0.15, 0.2) is 9.84 Å². The summed E-state index contributed by atoms with van der Waals surface area (Å²) in [5, 5.41) is 2.74. The molecular weight excluding hydrogens is 343 g/mol. The second kappa shape index (κ2) is 7.76. The zero-order chi connectivity index (χ0) is 18.6. The molecule has 134 valence electrons.